The van der Waals surface area contributed by atoms with E-state index in [9.17, 15) is 4.79 Å². The molecule has 1 aliphatic heterocycles. The summed E-state index contributed by atoms with van der Waals surface area (Å²) in [7, 11) is 3.79. The average molecular weight is 315 g/mol. The Morgan fingerprint density at radius 3 is 3.04 bits per heavy atom. The number of aromatic nitrogens is 3. The van der Waals surface area contributed by atoms with Crippen LogP contribution in [-0.4, -0.2) is 52.8 Å². The van der Waals surface area contributed by atoms with Crippen molar-refractivity contribution in [2.75, 3.05) is 32.1 Å². The zero-order valence-electron chi connectivity index (χ0n) is 13.7. The molecule has 0 fully saturated rings. The molecule has 2 aromatic rings. The number of likely N-dealkylation sites (N-methyl/N-ethyl adjacent to an activating group) is 1. The number of fused-ring (bicyclic) bond motifs is 1. The lowest BCUT2D eigenvalue weighted by atomic mass is 10.1. The zero-order valence-corrected chi connectivity index (χ0v) is 13.7. The van der Waals surface area contributed by atoms with Crippen molar-refractivity contribution >= 4 is 11.6 Å². The van der Waals surface area contributed by atoms with Crippen LogP contribution in [0.15, 0.2) is 24.5 Å². The van der Waals surface area contributed by atoms with Crippen LogP contribution >= 0.6 is 0 Å². The summed E-state index contributed by atoms with van der Waals surface area (Å²) < 4.78 is 7.59. The lowest BCUT2D eigenvalue weighted by molar-refractivity contribution is 0.0779. The van der Waals surface area contributed by atoms with Gasteiger partial charge in [-0.05, 0) is 25.1 Å². The molecule has 0 radical (unpaired) electrons. The number of carbonyl (C=O) groups excluding carboxylic acids is 1. The standard InChI is InChI=1S/C16H21N5O2/c1-4-21-11-17-18-15(21)10-20(3)16(22)12-5-6-13-14(9-12)23-8-7-19(13)2/h5-6,9,11H,4,7-8,10H2,1-3H3. The van der Waals surface area contributed by atoms with Crippen LogP contribution in [0.4, 0.5) is 5.69 Å². The number of benzene rings is 1. The second-order valence-corrected chi connectivity index (χ2v) is 5.65. The van der Waals surface area contributed by atoms with Gasteiger partial charge in [0.25, 0.3) is 5.91 Å². The Morgan fingerprint density at radius 2 is 2.26 bits per heavy atom. The van der Waals surface area contributed by atoms with Crippen LogP contribution < -0.4 is 9.64 Å². The van der Waals surface area contributed by atoms with Crippen LogP contribution in [0.5, 0.6) is 5.75 Å². The third-order valence-corrected chi connectivity index (χ3v) is 4.06. The van der Waals surface area contributed by atoms with Crippen LogP contribution in [0.3, 0.4) is 0 Å². The number of hydrogen-bond acceptors (Lipinski definition) is 5. The molecular weight excluding hydrogens is 294 g/mol. The van der Waals surface area contributed by atoms with Crippen LogP contribution in [0.25, 0.3) is 0 Å². The monoisotopic (exact) mass is 315 g/mol. The minimum atomic E-state index is -0.0599. The Hall–Kier alpha value is -2.57. The Balaban J connectivity index is 1.77. The molecule has 7 heteroatoms. The van der Waals surface area contributed by atoms with E-state index < -0.39 is 0 Å². The van der Waals surface area contributed by atoms with E-state index in [2.05, 4.69) is 15.1 Å². The van der Waals surface area contributed by atoms with Crippen LogP contribution in [0, 0.1) is 0 Å². The highest BCUT2D eigenvalue weighted by Crippen LogP contribution is 2.31. The molecule has 23 heavy (non-hydrogen) atoms. The van der Waals surface area contributed by atoms with Gasteiger partial charge in [0.1, 0.15) is 18.7 Å². The average Bonchev–Trinajstić information content (AvgIpc) is 3.01. The summed E-state index contributed by atoms with van der Waals surface area (Å²) in [6.45, 7) is 4.71. The first-order valence-corrected chi connectivity index (χ1v) is 7.70. The minimum Gasteiger partial charge on any atom is -0.490 e. The van der Waals surface area contributed by atoms with E-state index in [0.29, 0.717) is 18.7 Å². The van der Waals surface area contributed by atoms with Gasteiger partial charge in [-0.2, -0.15) is 0 Å². The topological polar surface area (TPSA) is 63.5 Å². The molecule has 1 aromatic heterocycles. The molecule has 3 rings (SSSR count). The fraction of sp³-hybridized carbons (Fsp3) is 0.438. The van der Waals surface area contributed by atoms with Gasteiger partial charge < -0.3 is 19.1 Å². The maximum Gasteiger partial charge on any atom is 0.254 e. The van der Waals surface area contributed by atoms with Crippen molar-refractivity contribution in [1.29, 1.82) is 0 Å². The zero-order chi connectivity index (χ0) is 16.4. The third kappa shape index (κ3) is 2.99. The van der Waals surface area contributed by atoms with Gasteiger partial charge in [-0.15, -0.1) is 10.2 Å². The van der Waals surface area contributed by atoms with Crippen molar-refractivity contribution in [3.63, 3.8) is 0 Å². The minimum absolute atomic E-state index is 0.0599. The lowest BCUT2D eigenvalue weighted by Gasteiger charge is -2.28. The van der Waals surface area contributed by atoms with Gasteiger partial charge in [-0.25, -0.2) is 0 Å². The summed E-state index contributed by atoms with van der Waals surface area (Å²) in [5.41, 5.74) is 1.63. The van der Waals surface area contributed by atoms with Crippen LogP contribution in [0.2, 0.25) is 0 Å². The summed E-state index contributed by atoms with van der Waals surface area (Å²) in [4.78, 5) is 16.4. The molecule has 1 aliphatic rings. The maximum absolute atomic E-state index is 12.6. The first-order valence-electron chi connectivity index (χ1n) is 7.70. The summed E-state index contributed by atoms with van der Waals surface area (Å²) in [6, 6.07) is 5.59. The molecule has 122 valence electrons. The number of nitrogens with zero attached hydrogens (tertiary/aromatic N) is 5. The lowest BCUT2D eigenvalue weighted by Crippen LogP contribution is -2.30. The number of aryl methyl sites for hydroxylation is 1. The van der Waals surface area contributed by atoms with E-state index in [1.165, 1.54) is 0 Å². The molecular formula is C16H21N5O2. The van der Waals surface area contributed by atoms with E-state index in [1.807, 2.05) is 36.7 Å². The van der Waals surface area contributed by atoms with Crippen LogP contribution in [0.1, 0.15) is 23.1 Å². The summed E-state index contributed by atoms with van der Waals surface area (Å²) >= 11 is 0. The molecule has 0 N–H and O–H groups in total. The summed E-state index contributed by atoms with van der Waals surface area (Å²) in [6.07, 6.45) is 1.68. The molecule has 0 spiro atoms. The SMILES string of the molecule is CCn1cnnc1CN(C)C(=O)c1ccc2c(c1)OCCN2C. The number of hydrogen-bond donors (Lipinski definition) is 0. The van der Waals surface area contributed by atoms with Crippen molar-refractivity contribution in [1.82, 2.24) is 19.7 Å². The number of anilines is 1. The van der Waals surface area contributed by atoms with Gasteiger partial charge in [0.15, 0.2) is 5.82 Å². The largest absolute Gasteiger partial charge is 0.490 e. The van der Waals surface area contributed by atoms with Gasteiger partial charge in [0, 0.05) is 26.2 Å². The highest BCUT2D eigenvalue weighted by atomic mass is 16.5. The van der Waals surface area contributed by atoms with E-state index in [1.54, 1.807) is 18.3 Å². The molecule has 0 aliphatic carbocycles. The van der Waals surface area contributed by atoms with Crippen molar-refractivity contribution in [3.8, 4) is 5.75 Å². The van der Waals surface area contributed by atoms with Gasteiger partial charge >= 0.3 is 0 Å². The first kappa shape index (κ1) is 15.3. The van der Waals surface area contributed by atoms with Gasteiger partial charge in [0.05, 0.1) is 18.8 Å². The van der Waals surface area contributed by atoms with E-state index >= 15 is 0 Å². The normalized spacial score (nSPS) is 13.4. The fourth-order valence-corrected chi connectivity index (χ4v) is 2.66. The predicted molar refractivity (Wildman–Crippen MR) is 86.7 cm³/mol. The molecule has 1 aromatic carbocycles. The van der Waals surface area contributed by atoms with E-state index in [0.717, 1.165) is 30.4 Å². The number of carbonyl (C=O) groups is 1. The summed E-state index contributed by atoms with van der Waals surface area (Å²) in [5, 5.41) is 7.96. The quantitative estimate of drug-likeness (QED) is 0.853. The third-order valence-electron chi connectivity index (χ3n) is 4.06. The van der Waals surface area contributed by atoms with Gasteiger partial charge in [-0.3, -0.25) is 4.79 Å². The highest BCUT2D eigenvalue weighted by molar-refractivity contribution is 5.95. The molecule has 0 bridgehead atoms. The Bertz CT molecular complexity index is 712. The molecule has 0 atom stereocenters. The second-order valence-electron chi connectivity index (χ2n) is 5.65. The second kappa shape index (κ2) is 6.28. The Kier molecular flexibility index (Phi) is 4.18. The first-order chi connectivity index (χ1) is 11.1. The molecule has 0 saturated heterocycles. The molecule has 7 nitrogen and oxygen atoms in total. The molecule has 2 heterocycles. The molecule has 1 amide bonds. The number of amides is 1. The van der Waals surface area contributed by atoms with Crippen molar-refractivity contribution < 1.29 is 9.53 Å². The van der Waals surface area contributed by atoms with Crippen molar-refractivity contribution in [3.05, 3.63) is 35.9 Å². The van der Waals surface area contributed by atoms with E-state index in [4.69, 9.17) is 4.74 Å². The van der Waals surface area contributed by atoms with Crippen molar-refractivity contribution in [2.45, 2.75) is 20.0 Å². The predicted octanol–water partition coefficient (Wildman–Crippen LogP) is 1.40. The fourth-order valence-electron chi connectivity index (χ4n) is 2.66. The van der Waals surface area contributed by atoms with Gasteiger partial charge in [-0.1, -0.05) is 0 Å². The Morgan fingerprint density at radius 1 is 1.43 bits per heavy atom. The maximum atomic E-state index is 12.6. The van der Waals surface area contributed by atoms with E-state index in [-0.39, 0.29) is 5.91 Å². The number of ether oxygens (including phenoxy) is 1. The Labute approximate surface area is 135 Å². The van der Waals surface area contributed by atoms with Crippen LogP contribution in [-0.2, 0) is 13.1 Å². The number of rotatable bonds is 4. The van der Waals surface area contributed by atoms with Crippen molar-refractivity contribution in [2.24, 2.45) is 0 Å². The highest BCUT2D eigenvalue weighted by Gasteiger charge is 2.20. The molecule has 0 unspecified atom stereocenters. The van der Waals surface area contributed by atoms with Gasteiger partial charge in [0.2, 0.25) is 0 Å². The smallest absolute Gasteiger partial charge is 0.254 e. The summed E-state index contributed by atoms with van der Waals surface area (Å²) in [5.74, 6) is 1.47. The molecule has 0 saturated carbocycles.